The van der Waals surface area contributed by atoms with E-state index in [1.165, 1.54) is 13.3 Å². The van der Waals surface area contributed by atoms with Crippen molar-refractivity contribution in [2.45, 2.75) is 0 Å². The molecule has 0 bridgehead atoms. The Morgan fingerprint density at radius 3 is 2.91 bits per heavy atom. The minimum absolute atomic E-state index is 0.221. The van der Waals surface area contributed by atoms with Gasteiger partial charge in [0.25, 0.3) is 0 Å². The van der Waals surface area contributed by atoms with Gasteiger partial charge in [-0.25, -0.2) is 9.59 Å². The van der Waals surface area contributed by atoms with Gasteiger partial charge in [-0.15, -0.1) is 0 Å². The van der Waals surface area contributed by atoms with Gasteiger partial charge in [-0.2, -0.15) is 0 Å². The predicted octanol–water partition coefficient (Wildman–Crippen LogP) is -0.644. The first-order valence-corrected chi connectivity index (χ1v) is 3.06. The molecule has 0 saturated carbocycles. The molecule has 5 heteroatoms. The maximum absolute atomic E-state index is 10.8. The highest BCUT2D eigenvalue weighted by Gasteiger charge is 2.14. The summed E-state index contributed by atoms with van der Waals surface area (Å²) < 4.78 is 4.43. The van der Waals surface area contributed by atoms with E-state index in [2.05, 4.69) is 15.4 Å². The molecule has 0 aromatic rings. The number of carbonyl (C=O) groups is 2. The summed E-state index contributed by atoms with van der Waals surface area (Å²) in [6.45, 7) is 0.221. The van der Waals surface area contributed by atoms with Crippen LogP contribution < -0.4 is 10.6 Å². The van der Waals surface area contributed by atoms with Gasteiger partial charge in [-0.1, -0.05) is 0 Å². The molecule has 2 N–H and O–H groups in total. The van der Waals surface area contributed by atoms with Crippen molar-refractivity contribution in [3.05, 3.63) is 11.8 Å². The lowest BCUT2D eigenvalue weighted by molar-refractivity contribution is -0.136. The SMILES string of the molecule is COC(=O)C1=CNC(=O)NC1. The molecule has 0 aromatic carbocycles. The Morgan fingerprint density at radius 2 is 2.45 bits per heavy atom. The van der Waals surface area contributed by atoms with Gasteiger partial charge in [0.2, 0.25) is 0 Å². The molecule has 0 fully saturated rings. The zero-order valence-electron chi connectivity index (χ0n) is 6.01. The molecule has 0 aliphatic carbocycles. The van der Waals surface area contributed by atoms with E-state index in [1.54, 1.807) is 0 Å². The number of methoxy groups -OCH3 is 1. The Kier molecular flexibility index (Phi) is 2.10. The van der Waals surface area contributed by atoms with Gasteiger partial charge in [-0.05, 0) is 0 Å². The van der Waals surface area contributed by atoms with Crippen LogP contribution in [-0.2, 0) is 9.53 Å². The quantitative estimate of drug-likeness (QED) is 0.496. The third kappa shape index (κ3) is 1.70. The van der Waals surface area contributed by atoms with E-state index >= 15 is 0 Å². The molecule has 0 aromatic heterocycles. The minimum atomic E-state index is -0.433. The maximum atomic E-state index is 10.8. The molecule has 2 amide bonds. The Hall–Kier alpha value is -1.52. The number of rotatable bonds is 1. The number of hydrogen-bond donors (Lipinski definition) is 2. The van der Waals surface area contributed by atoms with Crippen molar-refractivity contribution in [3.8, 4) is 0 Å². The van der Waals surface area contributed by atoms with E-state index in [9.17, 15) is 9.59 Å². The topological polar surface area (TPSA) is 67.4 Å². The summed E-state index contributed by atoms with van der Waals surface area (Å²) in [6.07, 6.45) is 1.34. The van der Waals surface area contributed by atoms with E-state index in [4.69, 9.17) is 0 Å². The molecule has 11 heavy (non-hydrogen) atoms. The highest BCUT2D eigenvalue weighted by atomic mass is 16.5. The first-order valence-electron chi connectivity index (χ1n) is 3.06. The van der Waals surface area contributed by atoms with Crippen molar-refractivity contribution >= 4 is 12.0 Å². The van der Waals surface area contributed by atoms with Gasteiger partial charge in [-0.3, -0.25) is 0 Å². The summed E-state index contributed by atoms with van der Waals surface area (Å²) in [4.78, 5) is 21.3. The van der Waals surface area contributed by atoms with Crippen molar-refractivity contribution in [3.63, 3.8) is 0 Å². The average Bonchev–Trinajstić information content (AvgIpc) is 2.05. The first-order chi connectivity index (χ1) is 5.24. The second-order valence-corrected chi connectivity index (χ2v) is 1.99. The Balaban J connectivity index is 2.61. The summed E-state index contributed by atoms with van der Waals surface area (Å²) >= 11 is 0. The second kappa shape index (κ2) is 3.05. The largest absolute Gasteiger partial charge is 0.466 e. The highest BCUT2D eigenvalue weighted by molar-refractivity contribution is 5.92. The number of amides is 2. The molecule has 1 rings (SSSR count). The molecular formula is C6H8N2O3. The number of carbonyl (C=O) groups excluding carboxylic acids is 2. The van der Waals surface area contributed by atoms with Crippen molar-refractivity contribution in [2.24, 2.45) is 0 Å². The zero-order valence-corrected chi connectivity index (χ0v) is 6.01. The van der Waals surface area contributed by atoms with Crippen LogP contribution in [-0.4, -0.2) is 25.7 Å². The first kappa shape index (κ1) is 7.59. The van der Waals surface area contributed by atoms with Crippen LogP contribution in [0.25, 0.3) is 0 Å². The maximum Gasteiger partial charge on any atom is 0.337 e. The molecule has 60 valence electrons. The molecular weight excluding hydrogens is 148 g/mol. The standard InChI is InChI=1S/C6H8N2O3/c1-11-5(9)4-2-7-6(10)8-3-4/h2H,3H2,1H3,(H2,7,8,10). The van der Waals surface area contributed by atoms with Gasteiger partial charge >= 0.3 is 12.0 Å². The molecule has 5 nitrogen and oxygen atoms in total. The van der Waals surface area contributed by atoms with Gasteiger partial charge in [0.05, 0.1) is 19.2 Å². The van der Waals surface area contributed by atoms with Crippen LogP contribution in [0.1, 0.15) is 0 Å². The van der Waals surface area contributed by atoms with Crippen LogP contribution >= 0.6 is 0 Å². The van der Waals surface area contributed by atoms with Gasteiger partial charge in [0.15, 0.2) is 0 Å². The van der Waals surface area contributed by atoms with Crippen LogP contribution in [0.2, 0.25) is 0 Å². The van der Waals surface area contributed by atoms with Crippen molar-refractivity contribution < 1.29 is 14.3 Å². The van der Waals surface area contributed by atoms with E-state index in [0.29, 0.717) is 5.57 Å². The van der Waals surface area contributed by atoms with Crippen LogP contribution in [0.4, 0.5) is 4.79 Å². The fraction of sp³-hybridized carbons (Fsp3) is 0.333. The summed E-state index contributed by atoms with van der Waals surface area (Å²) in [5, 5.41) is 4.76. The Labute approximate surface area is 63.4 Å². The number of nitrogens with one attached hydrogen (secondary N) is 2. The van der Waals surface area contributed by atoms with Crippen LogP contribution in [0.3, 0.4) is 0 Å². The molecule has 0 radical (unpaired) electrons. The van der Waals surface area contributed by atoms with Crippen molar-refractivity contribution in [1.29, 1.82) is 0 Å². The van der Waals surface area contributed by atoms with E-state index in [1.807, 2.05) is 0 Å². The predicted molar refractivity (Wildman–Crippen MR) is 36.6 cm³/mol. The third-order valence-corrected chi connectivity index (χ3v) is 1.26. The Morgan fingerprint density at radius 1 is 1.73 bits per heavy atom. The highest BCUT2D eigenvalue weighted by Crippen LogP contribution is 1.96. The molecule has 0 saturated heterocycles. The van der Waals surface area contributed by atoms with Gasteiger partial charge in [0, 0.05) is 6.20 Å². The summed E-state index contributed by atoms with van der Waals surface area (Å²) in [5.41, 5.74) is 0.409. The zero-order chi connectivity index (χ0) is 8.27. The fourth-order valence-corrected chi connectivity index (χ4v) is 0.692. The molecule has 1 aliphatic heterocycles. The average molecular weight is 156 g/mol. The van der Waals surface area contributed by atoms with Crippen LogP contribution in [0.15, 0.2) is 11.8 Å². The fourth-order valence-electron chi connectivity index (χ4n) is 0.692. The smallest absolute Gasteiger partial charge is 0.337 e. The van der Waals surface area contributed by atoms with Crippen LogP contribution in [0.5, 0.6) is 0 Å². The summed E-state index contributed by atoms with van der Waals surface area (Å²) in [7, 11) is 1.29. The minimum Gasteiger partial charge on any atom is -0.466 e. The van der Waals surface area contributed by atoms with Gasteiger partial charge in [0.1, 0.15) is 0 Å². The lowest BCUT2D eigenvalue weighted by Gasteiger charge is -2.12. The molecule has 1 aliphatic rings. The van der Waals surface area contributed by atoms with E-state index in [-0.39, 0.29) is 12.6 Å². The Bertz CT molecular complexity index is 222. The lowest BCUT2D eigenvalue weighted by Crippen LogP contribution is -2.40. The molecule has 0 unspecified atom stereocenters. The molecule has 0 atom stereocenters. The normalized spacial score (nSPS) is 16.1. The summed E-state index contributed by atoms with van der Waals surface area (Å²) in [6, 6.07) is -0.308. The molecule has 0 spiro atoms. The van der Waals surface area contributed by atoms with E-state index in [0.717, 1.165) is 0 Å². The third-order valence-electron chi connectivity index (χ3n) is 1.26. The van der Waals surface area contributed by atoms with Crippen LogP contribution in [0, 0.1) is 0 Å². The number of urea groups is 1. The number of hydrogen-bond acceptors (Lipinski definition) is 3. The number of esters is 1. The molecule has 1 heterocycles. The second-order valence-electron chi connectivity index (χ2n) is 1.99. The summed E-state index contributed by atoms with van der Waals surface area (Å²) in [5.74, 6) is -0.433. The lowest BCUT2D eigenvalue weighted by atomic mass is 10.2. The monoisotopic (exact) mass is 156 g/mol. The number of ether oxygens (including phenoxy) is 1. The van der Waals surface area contributed by atoms with Crippen molar-refractivity contribution in [2.75, 3.05) is 13.7 Å². The van der Waals surface area contributed by atoms with Gasteiger partial charge < -0.3 is 15.4 Å². The van der Waals surface area contributed by atoms with Crippen molar-refractivity contribution in [1.82, 2.24) is 10.6 Å². The van der Waals surface area contributed by atoms with E-state index < -0.39 is 5.97 Å².